The minimum atomic E-state index is 0.567. The van der Waals surface area contributed by atoms with Gasteiger partial charge in [-0.1, -0.05) is 0 Å². The first kappa shape index (κ1) is 11.4. The van der Waals surface area contributed by atoms with Crippen LogP contribution in [-0.2, 0) is 0 Å². The summed E-state index contributed by atoms with van der Waals surface area (Å²) in [6.45, 7) is 0. The van der Waals surface area contributed by atoms with Crippen molar-refractivity contribution in [3.05, 3.63) is 35.7 Å². The summed E-state index contributed by atoms with van der Waals surface area (Å²) in [7, 11) is 0. The fourth-order valence-corrected chi connectivity index (χ4v) is 2.57. The lowest BCUT2D eigenvalue weighted by Gasteiger charge is -2.08. The van der Waals surface area contributed by atoms with Gasteiger partial charge >= 0.3 is 0 Å². The van der Waals surface area contributed by atoms with Gasteiger partial charge in [-0.05, 0) is 37.3 Å². The third kappa shape index (κ3) is 1.91. The maximum atomic E-state index is 9.33. The van der Waals surface area contributed by atoms with Crippen molar-refractivity contribution in [2.24, 2.45) is 0 Å². The van der Waals surface area contributed by atoms with E-state index in [2.05, 4.69) is 11.1 Å². The van der Waals surface area contributed by atoms with Crippen LogP contribution in [0.5, 0.6) is 0 Å². The zero-order valence-corrected chi connectivity index (χ0v) is 10.8. The molecule has 2 heterocycles. The van der Waals surface area contributed by atoms with Crippen LogP contribution in [0.4, 0.5) is 0 Å². The van der Waals surface area contributed by atoms with E-state index in [0.717, 1.165) is 22.0 Å². The van der Waals surface area contributed by atoms with Crippen LogP contribution in [0, 0.1) is 11.3 Å². The van der Waals surface area contributed by atoms with E-state index in [1.165, 1.54) is 24.6 Å². The fraction of sp³-hybridized carbons (Fsp3) is 0.286. The largest absolute Gasteiger partial charge is 0.464 e. The lowest BCUT2D eigenvalue weighted by Crippen LogP contribution is -1.96. The first-order valence-corrected chi connectivity index (χ1v) is 7.09. The van der Waals surface area contributed by atoms with Crippen LogP contribution in [0.2, 0.25) is 0 Å². The SMILES string of the molecule is CSc1nc(C2CC2)cc(-c2ccco2)c1C#N. The Kier molecular flexibility index (Phi) is 2.85. The molecule has 2 aromatic rings. The molecule has 1 aliphatic rings. The Balaban J connectivity index is 2.21. The summed E-state index contributed by atoms with van der Waals surface area (Å²) in [6, 6.07) is 7.98. The Hall–Kier alpha value is -1.73. The number of nitrogens with zero attached hydrogens (tertiary/aromatic N) is 2. The van der Waals surface area contributed by atoms with Crippen molar-refractivity contribution in [2.45, 2.75) is 23.8 Å². The van der Waals surface area contributed by atoms with Gasteiger partial charge in [-0.25, -0.2) is 4.98 Å². The molecule has 0 spiro atoms. The second-order valence-corrected chi connectivity index (χ2v) is 5.14. The number of hydrogen-bond acceptors (Lipinski definition) is 4. The molecule has 0 N–H and O–H groups in total. The Morgan fingerprint density at radius 3 is 2.89 bits per heavy atom. The number of thioether (sulfide) groups is 1. The maximum Gasteiger partial charge on any atom is 0.135 e. The monoisotopic (exact) mass is 256 g/mol. The number of pyridine rings is 1. The maximum absolute atomic E-state index is 9.33. The molecule has 0 aromatic carbocycles. The number of hydrogen-bond donors (Lipinski definition) is 0. The molecule has 0 bridgehead atoms. The van der Waals surface area contributed by atoms with E-state index in [0.29, 0.717) is 11.5 Å². The van der Waals surface area contributed by atoms with Crippen molar-refractivity contribution in [1.29, 1.82) is 5.26 Å². The average Bonchev–Trinajstić information content (AvgIpc) is 3.12. The Labute approximate surface area is 110 Å². The quantitative estimate of drug-likeness (QED) is 0.783. The normalized spacial score (nSPS) is 14.4. The first-order chi connectivity index (χ1) is 8.83. The number of nitriles is 1. The molecule has 0 radical (unpaired) electrons. The molecule has 2 aromatic heterocycles. The van der Waals surface area contributed by atoms with Crippen LogP contribution in [-0.4, -0.2) is 11.2 Å². The van der Waals surface area contributed by atoms with E-state index in [-0.39, 0.29) is 0 Å². The van der Waals surface area contributed by atoms with Gasteiger partial charge in [-0.15, -0.1) is 11.8 Å². The first-order valence-electron chi connectivity index (χ1n) is 5.86. The Morgan fingerprint density at radius 2 is 2.33 bits per heavy atom. The summed E-state index contributed by atoms with van der Waals surface area (Å²) >= 11 is 1.52. The summed E-state index contributed by atoms with van der Waals surface area (Å²) in [6.07, 6.45) is 5.98. The van der Waals surface area contributed by atoms with Crippen molar-refractivity contribution >= 4 is 11.8 Å². The van der Waals surface area contributed by atoms with E-state index in [1.807, 2.05) is 24.5 Å². The molecule has 1 fully saturated rings. The third-order valence-corrected chi connectivity index (χ3v) is 3.78. The van der Waals surface area contributed by atoms with E-state index in [4.69, 9.17) is 4.42 Å². The summed E-state index contributed by atoms with van der Waals surface area (Å²) in [4.78, 5) is 4.59. The molecule has 1 aliphatic carbocycles. The second-order valence-electron chi connectivity index (χ2n) is 4.34. The summed E-state index contributed by atoms with van der Waals surface area (Å²) in [5.41, 5.74) is 2.57. The van der Waals surface area contributed by atoms with Gasteiger partial charge < -0.3 is 4.42 Å². The predicted molar refractivity (Wildman–Crippen MR) is 70.4 cm³/mol. The van der Waals surface area contributed by atoms with Gasteiger partial charge in [0.05, 0.1) is 11.8 Å². The van der Waals surface area contributed by atoms with Crippen LogP contribution in [0.25, 0.3) is 11.3 Å². The Bertz CT molecular complexity index is 609. The van der Waals surface area contributed by atoms with Crippen LogP contribution in [0.1, 0.15) is 30.0 Å². The molecule has 0 amide bonds. The van der Waals surface area contributed by atoms with Gasteiger partial charge in [0.1, 0.15) is 16.9 Å². The zero-order valence-electron chi connectivity index (χ0n) is 10.0. The van der Waals surface area contributed by atoms with E-state index < -0.39 is 0 Å². The molecule has 4 heteroatoms. The number of furan rings is 1. The molecule has 90 valence electrons. The summed E-state index contributed by atoms with van der Waals surface area (Å²) in [5, 5.41) is 10.1. The lowest BCUT2D eigenvalue weighted by atomic mass is 10.1. The topological polar surface area (TPSA) is 49.8 Å². The smallest absolute Gasteiger partial charge is 0.135 e. The molecule has 0 aliphatic heterocycles. The minimum Gasteiger partial charge on any atom is -0.464 e. The summed E-state index contributed by atoms with van der Waals surface area (Å²) in [5.74, 6) is 1.31. The van der Waals surface area contributed by atoms with E-state index in [9.17, 15) is 5.26 Å². The predicted octanol–water partition coefficient (Wildman–Crippen LogP) is 3.81. The van der Waals surface area contributed by atoms with Crippen molar-refractivity contribution in [3.63, 3.8) is 0 Å². The van der Waals surface area contributed by atoms with Crippen molar-refractivity contribution in [3.8, 4) is 17.4 Å². The average molecular weight is 256 g/mol. The van der Waals surface area contributed by atoms with Crippen LogP contribution < -0.4 is 0 Å². The fourth-order valence-electron chi connectivity index (χ4n) is 2.01. The van der Waals surface area contributed by atoms with Gasteiger partial charge in [0.15, 0.2) is 0 Å². The Morgan fingerprint density at radius 1 is 1.50 bits per heavy atom. The van der Waals surface area contributed by atoms with Crippen molar-refractivity contribution in [2.75, 3.05) is 6.26 Å². The molecule has 0 unspecified atom stereocenters. The van der Waals surface area contributed by atoms with Crippen molar-refractivity contribution in [1.82, 2.24) is 4.98 Å². The van der Waals surface area contributed by atoms with Crippen molar-refractivity contribution < 1.29 is 4.42 Å². The molecular weight excluding hydrogens is 244 g/mol. The van der Waals surface area contributed by atoms with Crippen LogP contribution >= 0.6 is 11.8 Å². The van der Waals surface area contributed by atoms with Gasteiger partial charge in [0.2, 0.25) is 0 Å². The van der Waals surface area contributed by atoms with Gasteiger partial charge in [-0.3, -0.25) is 0 Å². The summed E-state index contributed by atoms with van der Waals surface area (Å²) < 4.78 is 5.43. The highest BCUT2D eigenvalue weighted by Crippen LogP contribution is 2.42. The van der Waals surface area contributed by atoms with Crippen LogP contribution in [0.15, 0.2) is 33.9 Å². The lowest BCUT2D eigenvalue weighted by molar-refractivity contribution is 0.581. The van der Waals surface area contributed by atoms with Gasteiger partial charge in [-0.2, -0.15) is 5.26 Å². The zero-order chi connectivity index (χ0) is 12.5. The molecule has 18 heavy (non-hydrogen) atoms. The molecule has 3 nitrogen and oxygen atoms in total. The number of aromatic nitrogens is 1. The van der Waals surface area contributed by atoms with E-state index >= 15 is 0 Å². The minimum absolute atomic E-state index is 0.567. The molecule has 3 rings (SSSR count). The highest BCUT2D eigenvalue weighted by Gasteiger charge is 2.27. The van der Waals surface area contributed by atoms with E-state index in [1.54, 1.807) is 6.26 Å². The molecular formula is C14H12N2OS. The second kappa shape index (κ2) is 4.51. The molecule has 0 saturated heterocycles. The van der Waals surface area contributed by atoms with Gasteiger partial charge in [0, 0.05) is 17.2 Å². The molecule has 0 atom stereocenters. The highest BCUT2D eigenvalue weighted by molar-refractivity contribution is 7.98. The van der Waals surface area contributed by atoms with Crippen LogP contribution in [0.3, 0.4) is 0 Å². The van der Waals surface area contributed by atoms with Gasteiger partial charge in [0.25, 0.3) is 0 Å². The third-order valence-electron chi connectivity index (χ3n) is 3.09. The molecule has 1 saturated carbocycles. The number of rotatable bonds is 3. The standard InChI is InChI=1S/C14H12N2OS/c1-18-14-11(8-15)10(13-3-2-6-17-13)7-12(16-14)9-4-5-9/h2-3,6-7,9H,4-5H2,1H3. The highest BCUT2D eigenvalue weighted by atomic mass is 32.2.